The van der Waals surface area contributed by atoms with Crippen LogP contribution in [0.1, 0.15) is 12.5 Å². The van der Waals surface area contributed by atoms with Gasteiger partial charge >= 0.3 is 0 Å². The quantitative estimate of drug-likeness (QED) is 0.341. The van der Waals surface area contributed by atoms with E-state index in [1.165, 1.54) is 26.2 Å². The summed E-state index contributed by atoms with van der Waals surface area (Å²) in [4.78, 5) is 14.3. The second-order valence-corrected chi connectivity index (χ2v) is 4.22. The van der Waals surface area contributed by atoms with Gasteiger partial charge in [0.05, 0.1) is 7.11 Å². The number of carbonyl (C=O) groups is 1. The second-order valence-electron chi connectivity index (χ2n) is 4.22. The maximum atomic E-state index is 13.7. The number of nitrogens with zero attached hydrogens (tertiary/aromatic N) is 3. The van der Waals surface area contributed by atoms with E-state index in [0.29, 0.717) is 5.56 Å². The van der Waals surface area contributed by atoms with E-state index in [1.54, 1.807) is 6.07 Å². The summed E-state index contributed by atoms with van der Waals surface area (Å²) in [6.07, 6.45) is 0. The van der Waals surface area contributed by atoms with Crippen LogP contribution in [0.3, 0.4) is 0 Å². The van der Waals surface area contributed by atoms with Gasteiger partial charge in [-0.15, -0.1) is 0 Å². The highest BCUT2D eigenvalue weighted by atomic mass is 19.1. The third-order valence-corrected chi connectivity index (χ3v) is 2.98. The van der Waals surface area contributed by atoms with Crippen molar-refractivity contribution in [1.82, 2.24) is 5.32 Å². The summed E-state index contributed by atoms with van der Waals surface area (Å²) in [7, 11) is 1.35. The van der Waals surface area contributed by atoms with Crippen LogP contribution in [0.2, 0.25) is 0 Å². The Balaban J connectivity index is 3.03. The Morgan fingerprint density at radius 1 is 1.65 bits per heavy atom. The van der Waals surface area contributed by atoms with E-state index >= 15 is 0 Å². The summed E-state index contributed by atoms with van der Waals surface area (Å²) in [5, 5.41) is 6.21. The summed E-state index contributed by atoms with van der Waals surface area (Å²) >= 11 is 0. The number of halogens is 1. The molecule has 0 aromatic heterocycles. The standard InChI is InChI=1S/C12H16FN5O2/c1-12(11(14)19,16-5-6-17-18-15)8-3-4-10(20-2)9(13)7-8/h3-4,7,16H,5-6H2,1-2H3,(H2,14,19). The molecule has 0 aliphatic carbocycles. The van der Waals surface area contributed by atoms with Crippen molar-refractivity contribution >= 4 is 5.91 Å². The van der Waals surface area contributed by atoms with E-state index in [-0.39, 0.29) is 18.8 Å². The van der Waals surface area contributed by atoms with Crippen LogP contribution in [0.5, 0.6) is 5.75 Å². The summed E-state index contributed by atoms with van der Waals surface area (Å²) < 4.78 is 18.5. The van der Waals surface area contributed by atoms with Gasteiger partial charge in [0, 0.05) is 18.0 Å². The Morgan fingerprint density at radius 2 is 2.35 bits per heavy atom. The minimum Gasteiger partial charge on any atom is -0.494 e. The summed E-state index contributed by atoms with van der Waals surface area (Å²) in [5.74, 6) is -1.17. The number of hydrogen-bond donors (Lipinski definition) is 2. The number of nitrogens with two attached hydrogens (primary N) is 1. The van der Waals surface area contributed by atoms with Crippen LogP contribution in [0, 0.1) is 5.82 Å². The lowest BCUT2D eigenvalue weighted by atomic mass is 9.91. The third kappa shape index (κ3) is 3.37. The molecule has 3 N–H and O–H groups in total. The fourth-order valence-electron chi connectivity index (χ4n) is 1.71. The molecule has 8 heteroatoms. The molecule has 7 nitrogen and oxygen atoms in total. The maximum absolute atomic E-state index is 13.7. The second kappa shape index (κ2) is 6.74. The van der Waals surface area contributed by atoms with Crippen LogP contribution in [0.15, 0.2) is 23.3 Å². The number of rotatable bonds is 7. The van der Waals surface area contributed by atoms with E-state index in [1.807, 2.05) is 0 Å². The fourth-order valence-corrected chi connectivity index (χ4v) is 1.71. The smallest absolute Gasteiger partial charge is 0.242 e. The van der Waals surface area contributed by atoms with Gasteiger partial charge in [0.25, 0.3) is 0 Å². The number of azide groups is 1. The van der Waals surface area contributed by atoms with Crippen LogP contribution >= 0.6 is 0 Å². The van der Waals surface area contributed by atoms with Gasteiger partial charge in [0.2, 0.25) is 5.91 Å². The summed E-state index contributed by atoms with van der Waals surface area (Å²) in [6.45, 7) is 1.92. The topological polar surface area (TPSA) is 113 Å². The molecule has 0 heterocycles. The van der Waals surface area contributed by atoms with Gasteiger partial charge in [-0.2, -0.15) is 0 Å². The molecule has 0 bridgehead atoms. The molecule has 0 saturated heterocycles. The lowest BCUT2D eigenvalue weighted by molar-refractivity contribution is -0.124. The summed E-state index contributed by atoms with van der Waals surface area (Å²) in [6, 6.07) is 4.15. The molecule has 0 radical (unpaired) electrons. The van der Waals surface area contributed by atoms with Crippen molar-refractivity contribution in [2.45, 2.75) is 12.5 Å². The predicted octanol–water partition coefficient (Wildman–Crippen LogP) is 1.43. The number of amides is 1. The van der Waals surface area contributed by atoms with Crippen molar-refractivity contribution in [1.29, 1.82) is 0 Å². The number of hydrogen-bond acceptors (Lipinski definition) is 4. The molecule has 1 atom stereocenters. The zero-order valence-electron chi connectivity index (χ0n) is 11.3. The largest absolute Gasteiger partial charge is 0.494 e. The van der Waals surface area contributed by atoms with Crippen LogP contribution in [-0.4, -0.2) is 26.1 Å². The predicted molar refractivity (Wildman–Crippen MR) is 71.5 cm³/mol. The molecule has 0 saturated carbocycles. The lowest BCUT2D eigenvalue weighted by Gasteiger charge is -2.28. The Morgan fingerprint density at radius 3 is 2.85 bits per heavy atom. The molecule has 20 heavy (non-hydrogen) atoms. The zero-order valence-corrected chi connectivity index (χ0v) is 11.3. The molecular formula is C12H16FN5O2. The number of benzene rings is 1. The van der Waals surface area contributed by atoms with Crippen LogP contribution in [0.4, 0.5) is 4.39 Å². The molecule has 0 spiro atoms. The zero-order chi connectivity index (χ0) is 15.2. The van der Waals surface area contributed by atoms with E-state index < -0.39 is 17.3 Å². The molecule has 1 aromatic carbocycles. The SMILES string of the molecule is COc1ccc(C(C)(NCCN=[N+]=[N-])C(N)=O)cc1F. The van der Waals surface area contributed by atoms with Gasteiger partial charge in [-0.05, 0) is 30.2 Å². The van der Waals surface area contributed by atoms with Gasteiger partial charge in [-0.1, -0.05) is 11.2 Å². The molecule has 1 aromatic rings. The van der Waals surface area contributed by atoms with Gasteiger partial charge in [-0.3, -0.25) is 10.1 Å². The number of carbonyl (C=O) groups excluding carboxylic acids is 1. The van der Waals surface area contributed by atoms with Gasteiger partial charge in [0.1, 0.15) is 5.54 Å². The minimum atomic E-state index is -1.27. The highest BCUT2D eigenvalue weighted by molar-refractivity contribution is 5.85. The fraction of sp³-hybridized carbons (Fsp3) is 0.417. The monoisotopic (exact) mass is 281 g/mol. The molecule has 0 aliphatic heterocycles. The number of primary amides is 1. The van der Waals surface area contributed by atoms with E-state index in [9.17, 15) is 9.18 Å². The van der Waals surface area contributed by atoms with Gasteiger partial charge < -0.3 is 10.5 Å². The molecule has 1 amide bonds. The van der Waals surface area contributed by atoms with Crippen LogP contribution in [0.25, 0.3) is 10.4 Å². The first kappa shape index (κ1) is 15.7. The van der Waals surface area contributed by atoms with Crippen molar-refractivity contribution in [2.75, 3.05) is 20.2 Å². The summed E-state index contributed by atoms with van der Waals surface area (Å²) in [5.41, 5.74) is 12.7. The molecule has 1 unspecified atom stereocenters. The van der Waals surface area contributed by atoms with Gasteiger partial charge in [0.15, 0.2) is 11.6 Å². The molecule has 0 aliphatic rings. The van der Waals surface area contributed by atoms with E-state index in [4.69, 9.17) is 16.0 Å². The molecular weight excluding hydrogens is 265 g/mol. The first-order valence-corrected chi connectivity index (χ1v) is 5.85. The Labute approximate surface area is 115 Å². The molecule has 108 valence electrons. The van der Waals surface area contributed by atoms with E-state index in [0.717, 1.165) is 0 Å². The Bertz CT molecular complexity index is 545. The Hall–Kier alpha value is -2.31. The first-order chi connectivity index (χ1) is 9.45. The van der Waals surface area contributed by atoms with Crippen molar-refractivity contribution < 1.29 is 13.9 Å². The van der Waals surface area contributed by atoms with Crippen molar-refractivity contribution in [3.8, 4) is 5.75 Å². The number of nitrogens with one attached hydrogen (secondary N) is 1. The van der Waals surface area contributed by atoms with Gasteiger partial charge in [-0.25, -0.2) is 4.39 Å². The minimum absolute atomic E-state index is 0.0784. The van der Waals surface area contributed by atoms with Crippen LogP contribution < -0.4 is 15.8 Å². The number of ether oxygens (including phenoxy) is 1. The van der Waals surface area contributed by atoms with E-state index in [2.05, 4.69) is 15.3 Å². The average Bonchev–Trinajstić information content (AvgIpc) is 2.43. The van der Waals surface area contributed by atoms with Crippen molar-refractivity contribution in [3.05, 3.63) is 40.0 Å². The first-order valence-electron chi connectivity index (χ1n) is 5.85. The number of methoxy groups -OCH3 is 1. The van der Waals surface area contributed by atoms with Crippen LogP contribution in [-0.2, 0) is 10.3 Å². The average molecular weight is 281 g/mol. The van der Waals surface area contributed by atoms with Crippen molar-refractivity contribution in [2.24, 2.45) is 10.8 Å². The van der Waals surface area contributed by atoms with Crippen molar-refractivity contribution in [3.63, 3.8) is 0 Å². The lowest BCUT2D eigenvalue weighted by Crippen LogP contribution is -2.51. The molecule has 1 rings (SSSR count). The normalized spacial score (nSPS) is 13.2. The highest BCUT2D eigenvalue weighted by Gasteiger charge is 2.33. The Kier molecular flexibility index (Phi) is 5.31. The third-order valence-electron chi connectivity index (χ3n) is 2.98. The maximum Gasteiger partial charge on any atom is 0.242 e. The highest BCUT2D eigenvalue weighted by Crippen LogP contribution is 2.25. The molecule has 0 fully saturated rings.